The van der Waals surface area contributed by atoms with Gasteiger partial charge in [-0.2, -0.15) is 0 Å². The summed E-state index contributed by atoms with van der Waals surface area (Å²) in [6, 6.07) is 6.49. The molecule has 1 aromatic carbocycles. The highest BCUT2D eigenvalue weighted by molar-refractivity contribution is 7.99. The monoisotopic (exact) mass is 294 g/mol. The Labute approximate surface area is 119 Å². The molecule has 1 N–H and O–H groups in total. The Hall–Kier alpha value is -1.93. The van der Waals surface area contributed by atoms with E-state index in [1.54, 1.807) is 22.8 Å². The normalized spacial score (nSPS) is 10.7. The van der Waals surface area contributed by atoms with Crippen LogP contribution in [0.2, 0.25) is 0 Å². The number of nitro benzene ring substituents is 1. The fraction of sp³-hybridized carbons (Fsp3) is 0.333. The summed E-state index contributed by atoms with van der Waals surface area (Å²) in [6.45, 7) is 2.46. The molecule has 0 saturated carbocycles. The summed E-state index contributed by atoms with van der Waals surface area (Å²) in [4.78, 5) is 11.1. The highest BCUT2D eigenvalue weighted by atomic mass is 32.2. The van der Waals surface area contributed by atoms with Gasteiger partial charge in [0, 0.05) is 12.6 Å². The maximum absolute atomic E-state index is 11.0. The van der Waals surface area contributed by atoms with Gasteiger partial charge in [-0.25, -0.2) is 0 Å². The fourth-order valence-corrected chi connectivity index (χ4v) is 2.73. The zero-order chi connectivity index (χ0) is 14.5. The van der Waals surface area contributed by atoms with Crippen molar-refractivity contribution in [2.45, 2.75) is 36.5 Å². The topological polar surface area (TPSA) is 94.1 Å². The first kappa shape index (κ1) is 14.5. The lowest BCUT2D eigenvalue weighted by atomic mass is 10.3. The van der Waals surface area contributed by atoms with Crippen molar-refractivity contribution >= 4 is 17.4 Å². The Balaban J connectivity index is 2.35. The molecular weight excluding hydrogens is 280 g/mol. The van der Waals surface area contributed by atoms with Gasteiger partial charge in [-0.3, -0.25) is 10.1 Å². The summed E-state index contributed by atoms with van der Waals surface area (Å²) < 4.78 is 1.78. The second-order valence-corrected chi connectivity index (χ2v) is 5.04. The van der Waals surface area contributed by atoms with E-state index in [-0.39, 0.29) is 12.3 Å². The van der Waals surface area contributed by atoms with Crippen molar-refractivity contribution in [1.29, 1.82) is 0 Å². The minimum atomic E-state index is -0.421. The van der Waals surface area contributed by atoms with Gasteiger partial charge in [0.2, 0.25) is 0 Å². The molecule has 8 heteroatoms. The van der Waals surface area contributed by atoms with E-state index in [1.807, 2.05) is 6.92 Å². The number of para-hydroxylation sites is 1. The zero-order valence-corrected chi connectivity index (χ0v) is 11.7. The molecule has 0 fully saturated rings. The van der Waals surface area contributed by atoms with Crippen LogP contribution in [0, 0.1) is 10.1 Å². The number of aliphatic hydroxyl groups is 1. The summed E-state index contributed by atoms with van der Waals surface area (Å²) >= 11 is 1.18. The van der Waals surface area contributed by atoms with Crippen LogP contribution in [0.3, 0.4) is 0 Å². The quantitative estimate of drug-likeness (QED) is 0.648. The van der Waals surface area contributed by atoms with Gasteiger partial charge in [0.05, 0.1) is 9.82 Å². The first-order valence-corrected chi connectivity index (χ1v) is 6.93. The van der Waals surface area contributed by atoms with Gasteiger partial charge in [0.25, 0.3) is 5.69 Å². The van der Waals surface area contributed by atoms with E-state index >= 15 is 0 Å². The number of aromatic nitrogens is 3. The van der Waals surface area contributed by atoms with Gasteiger partial charge in [0.15, 0.2) is 11.0 Å². The highest BCUT2D eigenvalue weighted by Crippen LogP contribution is 2.33. The van der Waals surface area contributed by atoms with Crippen molar-refractivity contribution in [1.82, 2.24) is 14.8 Å². The van der Waals surface area contributed by atoms with Crippen LogP contribution in [0.25, 0.3) is 0 Å². The van der Waals surface area contributed by atoms with Crippen LogP contribution in [0.4, 0.5) is 5.69 Å². The second kappa shape index (κ2) is 6.49. The molecule has 0 radical (unpaired) electrons. The Morgan fingerprint density at radius 3 is 2.80 bits per heavy atom. The number of hydrogen-bond acceptors (Lipinski definition) is 6. The van der Waals surface area contributed by atoms with E-state index in [0.29, 0.717) is 22.4 Å². The SMILES string of the molecule is CCCn1c(CO)nnc1Sc1ccccc1[N+](=O)[O-]. The Bertz CT molecular complexity index is 614. The van der Waals surface area contributed by atoms with Gasteiger partial charge in [0.1, 0.15) is 6.61 Å². The molecule has 1 heterocycles. The zero-order valence-electron chi connectivity index (χ0n) is 10.9. The Kier molecular flexibility index (Phi) is 4.70. The Morgan fingerprint density at radius 2 is 2.15 bits per heavy atom. The summed E-state index contributed by atoms with van der Waals surface area (Å²) in [7, 11) is 0. The van der Waals surface area contributed by atoms with Crippen molar-refractivity contribution in [3.63, 3.8) is 0 Å². The number of hydrogen-bond donors (Lipinski definition) is 1. The molecule has 7 nitrogen and oxygen atoms in total. The van der Waals surface area contributed by atoms with Crippen molar-refractivity contribution in [3.8, 4) is 0 Å². The van der Waals surface area contributed by atoms with Crippen molar-refractivity contribution in [2.24, 2.45) is 0 Å². The molecule has 0 spiro atoms. The second-order valence-electron chi connectivity index (χ2n) is 4.04. The first-order valence-electron chi connectivity index (χ1n) is 6.11. The minimum absolute atomic E-state index is 0.0362. The lowest BCUT2D eigenvalue weighted by Crippen LogP contribution is -2.04. The summed E-state index contributed by atoms with van der Waals surface area (Å²) in [5.74, 6) is 0.466. The lowest BCUT2D eigenvalue weighted by Gasteiger charge is -2.07. The van der Waals surface area contributed by atoms with Gasteiger partial charge in [-0.1, -0.05) is 19.1 Å². The molecule has 0 aliphatic rings. The average molecular weight is 294 g/mol. The third-order valence-corrected chi connectivity index (χ3v) is 3.70. The molecule has 0 bridgehead atoms. The molecule has 0 atom stereocenters. The van der Waals surface area contributed by atoms with Gasteiger partial charge < -0.3 is 9.67 Å². The maximum atomic E-state index is 11.0. The van der Waals surface area contributed by atoms with Gasteiger partial charge in [-0.15, -0.1) is 10.2 Å². The van der Waals surface area contributed by atoms with E-state index in [4.69, 9.17) is 0 Å². The van der Waals surface area contributed by atoms with Gasteiger partial charge in [-0.05, 0) is 24.2 Å². The number of aliphatic hydroxyl groups excluding tert-OH is 1. The standard InChI is InChI=1S/C12H14N4O3S/c1-2-7-15-11(8-17)13-14-12(15)20-10-6-4-3-5-9(10)16(18)19/h3-6,17H,2,7-8H2,1H3. The smallest absolute Gasteiger partial charge is 0.283 e. The van der Waals surface area contributed by atoms with Crippen LogP contribution >= 0.6 is 11.8 Å². The van der Waals surface area contributed by atoms with E-state index in [2.05, 4.69) is 10.2 Å². The van der Waals surface area contributed by atoms with Crippen LogP contribution in [-0.4, -0.2) is 24.8 Å². The Morgan fingerprint density at radius 1 is 1.40 bits per heavy atom. The fourth-order valence-electron chi connectivity index (χ4n) is 1.75. The number of benzene rings is 1. The summed E-state index contributed by atoms with van der Waals surface area (Å²) in [6.07, 6.45) is 0.857. The van der Waals surface area contributed by atoms with Crippen LogP contribution in [-0.2, 0) is 13.2 Å². The summed E-state index contributed by atoms with van der Waals surface area (Å²) in [5, 5.41) is 28.7. The van der Waals surface area contributed by atoms with E-state index in [1.165, 1.54) is 17.8 Å². The molecule has 0 aliphatic heterocycles. The van der Waals surface area contributed by atoms with Crippen LogP contribution < -0.4 is 0 Å². The molecular formula is C12H14N4O3S. The first-order chi connectivity index (χ1) is 9.67. The number of nitrogens with zero attached hydrogens (tertiary/aromatic N) is 4. The van der Waals surface area contributed by atoms with E-state index < -0.39 is 4.92 Å². The molecule has 0 saturated heterocycles. The molecule has 2 aromatic rings. The third kappa shape index (κ3) is 2.97. The molecule has 0 aliphatic carbocycles. The summed E-state index contributed by atoms with van der Waals surface area (Å²) in [5.41, 5.74) is 0.0362. The minimum Gasteiger partial charge on any atom is -0.388 e. The van der Waals surface area contributed by atoms with Crippen molar-refractivity contribution < 1.29 is 10.0 Å². The predicted octanol–water partition coefficient (Wildman–Crippen LogP) is 2.24. The molecule has 106 valence electrons. The van der Waals surface area contributed by atoms with Crippen LogP contribution in [0.1, 0.15) is 19.2 Å². The molecule has 0 amide bonds. The maximum Gasteiger partial charge on any atom is 0.283 e. The van der Waals surface area contributed by atoms with E-state index in [9.17, 15) is 15.2 Å². The predicted molar refractivity (Wildman–Crippen MR) is 73.5 cm³/mol. The highest BCUT2D eigenvalue weighted by Gasteiger charge is 2.18. The van der Waals surface area contributed by atoms with Crippen molar-refractivity contribution in [2.75, 3.05) is 0 Å². The lowest BCUT2D eigenvalue weighted by molar-refractivity contribution is -0.387. The largest absolute Gasteiger partial charge is 0.388 e. The van der Waals surface area contributed by atoms with Gasteiger partial charge >= 0.3 is 0 Å². The van der Waals surface area contributed by atoms with Crippen LogP contribution in [0.15, 0.2) is 34.3 Å². The molecule has 2 rings (SSSR count). The van der Waals surface area contributed by atoms with E-state index in [0.717, 1.165) is 6.42 Å². The third-order valence-electron chi connectivity index (χ3n) is 2.65. The molecule has 0 unspecified atom stereocenters. The number of nitro groups is 1. The van der Waals surface area contributed by atoms with Crippen LogP contribution in [0.5, 0.6) is 0 Å². The molecule has 20 heavy (non-hydrogen) atoms. The average Bonchev–Trinajstić information content (AvgIpc) is 2.82. The van der Waals surface area contributed by atoms with Crippen molar-refractivity contribution in [3.05, 3.63) is 40.2 Å². The molecule has 1 aromatic heterocycles. The number of rotatable bonds is 6.